The van der Waals surface area contributed by atoms with E-state index >= 15 is 0 Å². The third kappa shape index (κ3) is 2.97. The topological polar surface area (TPSA) is 42.4 Å². The zero-order valence-electron chi connectivity index (χ0n) is 10.4. The molecule has 1 unspecified atom stereocenters. The van der Waals surface area contributed by atoms with Crippen LogP contribution in [-0.4, -0.2) is 35.0 Å². The molecule has 0 radical (unpaired) electrons. The molecule has 1 amide bonds. The fourth-order valence-electron chi connectivity index (χ4n) is 2.07. The summed E-state index contributed by atoms with van der Waals surface area (Å²) in [5.74, 6) is -0.746. The van der Waals surface area contributed by atoms with Crippen LogP contribution in [0.3, 0.4) is 0 Å². The molecule has 0 aliphatic carbocycles. The van der Waals surface area contributed by atoms with Crippen LogP contribution in [-0.2, 0) is 4.79 Å². The number of rotatable bonds is 3. The molecule has 0 bridgehead atoms. The van der Waals surface area contributed by atoms with Crippen LogP contribution in [0.5, 0.6) is 5.75 Å². The number of amides is 1. The number of ether oxygens (including phenoxy) is 1. The van der Waals surface area contributed by atoms with Crippen molar-refractivity contribution in [1.82, 2.24) is 9.88 Å². The van der Waals surface area contributed by atoms with Crippen LogP contribution in [0.15, 0.2) is 18.3 Å². The molecule has 1 fully saturated rings. The van der Waals surface area contributed by atoms with Crippen LogP contribution in [0, 0.1) is 5.95 Å². The predicted octanol–water partition coefficient (Wildman–Crippen LogP) is 2.00. The quantitative estimate of drug-likeness (QED) is 0.773. The molecule has 1 aromatic rings. The van der Waals surface area contributed by atoms with Crippen molar-refractivity contribution in [3.8, 4) is 5.75 Å². The first-order chi connectivity index (χ1) is 8.68. The third-order valence-electron chi connectivity index (χ3n) is 3.04. The number of hydrogen-bond donors (Lipinski definition) is 0. The van der Waals surface area contributed by atoms with E-state index in [1.807, 2.05) is 0 Å². The Balaban J connectivity index is 1.96. The second-order valence-corrected chi connectivity index (χ2v) is 4.44. The number of nitrogens with zero attached hydrogens (tertiary/aromatic N) is 2. The van der Waals surface area contributed by atoms with E-state index < -0.39 is 12.1 Å². The van der Waals surface area contributed by atoms with Crippen molar-refractivity contribution in [3.05, 3.63) is 24.3 Å². The molecule has 1 aliphatic heterocycles. The van der Waals surface area contributed by atoms with Gasteiger partial charge in [0.1, 0.15) is 0 Å². The molecule has 1 aromatic heterocycles. The van der Waals surface area contributed by atoms with Crippen LogP contribution in [0.1, 0.15) is 26.2 Å². The minimum atomic E-state index is -0.684. The molecule has 4 nitrogen and oxygen atoms in total. The normalized spacial score (nSPS) is 17.3. The summed E-state index contributed by atoms with van der Waals surface area (Å²) in [6.45, 7) is 3.17. The molecule has 98 valence electrons. The number of pyridine rings is 1. The maximum Gasteiger partial charge on any atom is 0.263 e. The Morgan fingerprint density at radius 2 is 2.17 bits per heavy atom. The number of carbonyl (C=O) groups excluding carboxylic acids is 1. The van der Waals surface area contributed by atoms with Gasteiger partial charge >= 0.3 is 0 Å². The van der Waals surface area contributed by atoms with Gasteiger partial charge in [0.2, 0.25) is 0 Å². The summed E-state index contributed by atoms with van der Waals surface area (Å²) in [6, 6.07) is 3.05. The summed E-state index contributed by atoms with van der Waals surface area (Å²) in [5, 5.41) is 0. The summed E-state index contributed by atoms with van der Waals surface area (Å²) in [6.07, 6.45) is 3.89. The Bertz CT molecular complexity index is 419. The molecule has 1 atom stereocenters. The van der Waals surface area contributed by atoms with Gasteiger partial charge < -0.3 is 9.64 Å². The van der Waals surface area contributed by atoms with E-state index in [9.17, 15) is 9.18 Å². The van der Waals surface area contributed by atoms with Gasteiger partial charge in [-0.2, -0.15) is 4.39 Å². The smallest absolute Gasteiger partial charge is 0.263 e. The molecule has 0 N–H and O–H groups in total. The molecule has 0 spiro atoms. The van der Waals surface area contributed by atoms with Gasteiger partial charge in [-0.3, -0.25) is 4.79 Å². The van der Waals surface area contributed by atoms with Gasteiger partial charge in [-0.25, -0.2) is 4.98 Å². The molecule has 5 heteroatoms. The second kappa shape index (κ2) is 5.80. The first-order valence-electron chi connectivity index (χ1n) is 6.24. The first-order valence-corrected chi connectivity index (χ1v) is 6.24. The fraction of sp³-hybridized carbons (Fsp3) is 0.538. The largest absolute Gasteiger partial charge is 0.476 e. The van der Waals surface area contributed by atoms with Crippen LogP contribution in [0.25, 0.3) is 0 Å². The number of hydrogen-bond acceptors (Lipinski definition) is 3. The Morgan fingerprint density at radius 3 is 2.83 bits per heavy atom. The van der Waals surface area contributed by atoms with Gasteiger partial charge in [-0.1, -0.05) is 0 Å². The number of likely N-dealkylation sites (tertiary alicyclic amines) is 1. The molecule has 2 rings (SSSR count). The number of carbonyl (C=O) groups is 1. The molecule has 1 saturated heterocycles. The van der Waals surface area contributed by atoms with Gasteiger partial charge in [0.25, 0.3) is 11.9 Å². The molecule has 18 heavy (non-hydrogen) atoms. The number of aromatic nitrogens is 1. The average molecular weight is 252 g/mol. The minimum absolute atomic E-state index is 0.0235. The number of piperidine rings is 1. The summed E-state index contributed by atoms with van der Waals surface area (Å²) in [5.41, 5.74) is 0. The van der Waals surface area contributed by atoms with E-state index in [0.29, 0.717) is 0 Å². The van der Waals surface area contributed by atoms with Crippen molar-refractivity contribution in [3.63, 3.8) is 0 Å². The van der Waals surface area contributed by atoms with Crippen molar-refractivity contribution < 1.29 is 13.9 Å². The third-order valence-corrected chi connectivity index (χ3v) is 3.04. The van der Waals surface area contributed by atoms with E-state index in [1.165, 1.54) is 12.3 Å². The maximum atomic E-state index is 13.3. The van der Waals surface area contributed by atoms with Crippen LogP contribution < -0.4 is 4.74 Å². The first kappa shape index (κ1) is 12.8. The Labute approximate surface area is 106 Å². The summed E-state index contributed by atoms with van der Waals surface area (Å²) < 4.78 is 18.6. The highest BCUT2D eigenvalue weighted by Gasteiger charge is 2.24. The van der Waals surface area contributed by atoms with Gasteiger partial charge in [0, 0.05) is 19.3 Å². The van der Waals surface area contributed by atoms with E-state index in [-0.39, 0.29) is 11.7 Å². The van der Waals surface area contributed by atoms with Crippen molar-refractivity contribution >= 4 is 5.91 Å². The highest BCUT2D eigenvalue weighted by Crippen LogP contribution is 2.17. The lowest BCUT2D eigenvalue weighted by Gasteiger charge is -2.29. The summed E-state index contributed by atoms with van der Waals surface area (Å²) >= 11 is 0. The number of halogens is 1. The van der Waals surface area contributed by atoms with Gasteiger partial charge in [0.15, 0.2) is 11.9 Å². The van der Waals surface area contributed by atoms with Crippen molar-refractivity contribution in [2.24, 2.45) is 0 Å². The average Bonchev–Trinajstić information content (AvgIpc) is 2.41. The molecular formula is C13H17FN2O2. The minimum Gasteiger partial charge on any atom is -0.476 e. The van der Waals surface area contributed by atoms with Crippen LogP contribution >= 0.6 is 0 Å². The van der Waals surface area contributed by atoms with E-state index in [0.717, 1.165) is 32.4 Å². The molecule has 2 heterocycles. The van der Waals surface area contributed by atoms with E-state index in [2.05, 4.69) is 4.98 Å². The molecular weight excluding hydrogens is 235 g/mol. The monoisotopic (exact) mass is 252 g/mol. The Hall–Kier alpha value is -1.65. The molecule has 0 saturated carbocycles. The van der Waals surface area contributed by atoms with Gasteiger partial charge in [0.05, 0.1) is 0 Å². The van der Waals surface area contributed by atoms with E-state index in [4.69, 9.17) is 4.74 Å². The highest BCUT2D eigenvalue weighted by molar-refractivity contribution is 5.81. The van der Waals surface area contributed by atoms with Crippen LogP contribution in [0.2, 0.25) is 0 Å². The van der Waals surface area contributed by atoms with Crippen molar-refractivity contribution in [2.45, 2.75) is 32.3 Å². The lowest BCUT2D eigenvalue weighted by Crippen LogP contribution is -2.43. The van der Waals surface area contributed by atoms with Gasteiger partial charge in [-0.05, 0) is 38.3 Å². The van der Waals surface area contributed by atoms with Crippen LogP contribution in [0.4, 0.5) is 4.39 Å². The lowest BCUT2D eigenvalue weighted by atomic mass is 10.1. The standard InChI is InChI=1S/C13H17FN2O2/c1-10(13(17)16-8-3-2-4-9-16)18-11-6-5-7-15-12(11)14/h5-7,10H,2-4,8-9H2,1H3. The second-order valence-electron chi connectivity index (χ2n) is 4.44. The van der Waals surface area contributed by atoms with Gasteiger partial charge in [-0.15, -0.1) is 0 Å². The molecule has 0 aromatic carbocycles. The van der Waals surface area contributed by atoms with E-state index in [1.54, 1.807) is 17.9 Å². The highest BCUT2D eigenvalue weighted by atomic mass is 19.1. The van der Waals surface area contributed by atoms with Crippen molar-refractivity contribution in [1.29, 1.82) is 0 Å². The lowest BCUT2D eigenvalue weighted by molar-refractivity contribution is -0.138. The summed E-state index contributed by atoms with van der Waals surface area (Å²) in [4.78, 5) is 17.3. The zero-order valence-corrected chi connectivity index (χ0v) is 10.4. The predicted molar refractivity (Wildman–Crippen MR) is 64.7 cm³/mol. The molecule has 1 aliphatic rings. The SMILES string of the molecule is CC(Oc1cccnc1F)C(=O)N1CCCCC1. The Kier molecular flexibility index (Phi) is 4.12. The zero-order chi connectivity index (χ0) is 13.0. The Morgan fingerprint density at radius 1 is 1.44 bits per heavy atom. The summed E-state index contributed by atoms with van der Waals surface area (Å²) in [7, 11) is 0. The van der Waals surface area contributed by atoms with Crippen molar-refractivity contribution in [2.75, 3.05) is 13.1 Å². The maximum absolute atomic E-state index is 13.3. The fourth-order valence-corrected chi connectivity index (χ4v) is 2.07.